The molecule has 21 heavy (non-hydrogen) atoms. The van der Waals surface area contributed by atoms with Crippen LogP contribution < -0.4 is 0 Å². The molecule has 1 aliphatic heterocycles. The number of hydrogen-bond acceptors (Lipinski definition) is 3. The number of rotatable bonds is 4. The van der Waals surface area contributed by atoms with Crippen LogP contribution >= 0.6 is 11.6 Å². The number of hydrogen-bond donors (Lipinski definition) is 0. The van der Waals surface area contributed by atoms with E-state index in [1.54, 1.807) is 6.07 Å². The van der Waals surface area contributed by atoms with Gasteiger partial charge in [0.2, 0.25) is 0 Å². The Labute approximate surface area is 129 Å². The Morgan fingerprint density at radius 3 is 3.10 bits per heavy atom. The summed E-state index contributed by atoms with van der Waals surface area (Å²) in [5.74, 6) is 1.45. The Morgan fingerprint density at radius 2 is 2.43 bits per heavy atom. The highest BCUT2D eigenvalue weighted by molar-refractivity contribution is 6.17. The number of para-hydroxylation sites is 1. The third kappa shape index (κ3) is 2.52. The summed E-state index contributed by atoms with van der Waals surface area (Å²) >= 11 is 5.92. The van der Waals surface area contributed by atoms with E-state index in [2.05, 4.69) is 22.5 Å². The van der Waals surface area contributed by atoms with Crippen LogP contribution in [0.2, 0.25) is 0 Å². The molecule has 0 N–H and O–H groups in total. The molecule has 3 rings (SSSR count). The fourth-order valence-corrected chi connectivity index (χ4v) is 3.29. The number of nitriles is 1. The summed E-state index contributed by atoms with van der Waals surface area (Å²) in [6.07, 6.45) is 3.08. The molecule has 110 valence electrons. The number of halogens is 1. The van der Waals surface area contributed by atoms with Crippen LogP contribution in [-0.2, 0) is 11.2 Å². The molecule has 1 aromatic carbocycles. The van der Waals surface area contributed by atoms with Crippen LogP contribution in [0.3, 0.4) is 0 Å². The van der Waals surface area contributed by atoms with Gasteiger partial charge in [0.25, 0.3) is 0 Å². The van der Waals surface area contributed by atoms with Crippen LogP contribution in [0.5, 0.6) is 0 Å². The molecule has 0 saturated carbocycles. The molecule has 2 unspecified atom stereocenters. The lowest BCUT2D eigenvalue weighted by molar-refractivity contribution is 0.0736. The maximum Gasteiger partial charge on any atom is 0.111 e. The summed E-state index contributed by atoms with van der Waals surface area (Å²) in [7, 11) is 0. The van der Waals surface area contributed by atoms with Crippen molar-refractivity contribution in [2.24, 2.45) is 0 Å². The minimum Gasteiger partial charge on any atom is -0.376 e. The summed E-state index contributed by atoms with van der Waals surface area (Å²) in [5, 5.41) is 9.27. The smallest absolute Gasteiger partial charge is 0.111 e. The van der Waals surface area contributed by atoms with Gasteiger partial charge in [-0.15, -0.1) is 11.6 Å². The zero-order chi connectivity index (χ0) is 14.8. The van der Waals surface area contributed by atoms with Gasteiger partial charge in [-0.3, -0.25) is 0 Å². The van der Waals surface area contributed by atoms with Crippen molar-refractivity contribution in [2.45, 2.75) is 38.3 Å². The van der Waals surface area contributed by atoms with Gasteiger partial charge in [0.1, 0.15) is 17.4 Å². The Kier molecular flexibility index (Phi) is 4.14. The molecule has 0 aliphatic carbocycles. The molecular weight excluding hydrogens is 286 g/mol. The van der Waals surface area contributed by atoms with Crippen LogP contribution in [0.1, 0.15) is 37.2 Å². The molecule has 0 amide bonds. The minimum absolute atomic E-state index is 0.199. The lowest BCUT2D eigenvalue weighted by atomic mass is 10.1. The normalized spacial score (nSPS) is 19.8. The summed E-state index contributed by atoms with van der Waals surface area (Å²) < 4.78 is 8.03. The molecule has 2 heterocycles. The highest BCUT2D eigenvalue weighted by atomic mass is 35.5. The first-order valence-electron chi connectivity index (χ1n) is 7.33. The van der Waals surface area contributed by atoms with Crippen LogP contribution in [0, 0.1) is 11.3 Å². The van der Waals surface area contributed by atoms with Crippen LogP contribution in [0.4, 0.5) is 0 Å². The summed E-state index contributed by atoms with van der Waals surface area (Å²) in [6, 6.07) is 8.15. The predicted molar refractivity (Wildman–Crippen MR) is 82.6 cm³/mol. The van der Waals surface area contributed by atoms with Gasteiger partial charge in [0.15, 0.2) is 0 Å². The molecule has 1 aromatic heterocycles. The van der Waals surface area contributed by atoms with Gasteiger partial charge in [-0.2, -0.15) is 5.26 Å². The summed E-state index contributed by atoms with van der Waals surface area (Å²) in [4.78, 5) is 4.67. The number of aromatic nitrogens is 2. The van der Waals surface area contributed by atoms with Crippen LogP contribution in [-0.4, -0.2) is 28.1 Å². The Bertz CT molecular complexity index is 683. The van der Waals surface area contributed by atoms with E-state index in [1.165, 1.54) is 0 Å². The van der Waals surface area contributed by atoms with Crippen molar-refractivity contribution in [1.82, 2.24) is 9.55 Å². The molecule has 1 saturated heterocycles. The largest absolute Gasteiger partial charge is 0.376 e. The monoisotopic (exact) mass is 303 g/mol. The van der Waals surface area contributed by atoms with E-state index in [-0.39, 0.29) is 12.1 Å². The van der Waals surface area contributed by atoms with Crippen molar-refractivity contribution in [3.05, 3.63) is 29.6 Å². The first-order valence-corrected chi connectivity index (χ1v) is 7.87. The van der Waals surface area contributed by atoms with Crippen molar-refractivity contribution in [3.8, 4) is 6.07 Å². The second-order valence-electron chi connectivity index (χ2n) is 5.41. The number of alkyl halides is 1. The molecule has 0 spiro atoms. The average Bonchev–Trinajstić information content (AvgIpc) is 3.14. The second-order valence-corrected chi connectivity index (χ2v) is 5.79. The molecule has 0 bridgehead atoms. The molecule has 0 radical (unpaired) electrons. The molecule has 2 aromatic rings. The standard InChI is InChI=1S/C16H18ClN3O/c1-11(14-6-3-9-21-14)20-13-5-2-4-12(10-18)16(13)19-15(20)7-8-17/h2,4-5,11,14H,3,6-9H2,1H3. The van der Waals surface area contributed by atoms with E-state index < -0.39 is 0 Å². The predicted octanol–water partition coefficient (Wildman–Crippen LogP) is 3.43. The van der Waals surface area contributed by atoms with Crippen LogP contribution in [0.15, 0.2) is 18.2 Å². The lowest BCUT2D eigenvalue weighted by Crippen LogP contribution is -2.22. The van der Waals surface area contributed by atoms with Crippen molar-refractivity contribution in [3.63, 3.8) is 0 Å². The number of aryl methyl sites for hydroxylation is 1. The Hall–Kier alpha value is -1.57. The fourth-order valence-electron chi connectivity index (χ4n) is 3.12. The third-order valence-electron chi connectivity index (χ3n) is 4.14. The van der Waals surface area contributed by atoms with Crippen molar-refractivity contribution in [2.75, 3.05) is 12.5 Å². The highest BCUT2D eigenvalue weighted by Crippen LogP contribution is 2.30. The number of imidazole rings is 1. The average molecular weight is 304 g/mol. The summed E-state index contributed by atoms with van der Waals surface area (Å²) in [6.45, 7) is 2.99. The molecule has 1 fully saturated rings. The maximum absolute atomic E-state index is 9.27. The van der Waals surface area contributed by atoms with E-state index >= 15 is 0 Å². The zero-order valence-corrected chi connectivity index (χ0v) is 12.8. The summed E-state index contributed by atoms with van der Waals surface area (Å²) in [5.41, 5.74) is 2.38. The number of ether oxygens (including phenoxy) is 1. The van der Waals surface area contributed by atoms with Gasteiger partial charge in [-0.1, -0.05) is 6.07 Å². The quantitative estimate of drug-likeness (QED) is 0.813. The first kappa shape index (κ1) is 14.4. The van der Waals surface area contributed by atoms with Gasteiger partial charge in [-0.05, 0) is 31.9 Å². The topological polar surface area (TPSA) is 50.8 Å². The Morgan fingerprint density at radius 1 is 1.57 bits per heavy atom. The number of fused-ring (bicyclic) bond motifs is 1. The fraction of sp³-hybridized carbons (Fsp3) is 0.500. The van der Waals surface area contributed by atoms with Gasteiger partial charge in [0, 0.05) is 18.9 Å². The van der Waals surface area contributed by atoms with E-state index in [9.17, 15) is 5.26 Å². The van der Waals surface area contributed by atoms with Crippen LogP contribution in [0.25, 0.3) is 11.0 Å². The molecule has 4 nitrogen and oxygen atoms in total. The first-order chi connectivity index (χ1) is 10.3. The molecular formula is C16H18ClN3O. The number of benzene rings is 1. The van der Waals surface area contributed by atoms with Gasteiger partial charge in [-0.25, -0.2) is 4.98 Å². The zero-order valence-electron chi connectivity index (χ0n) is 12.1. The lowest BCUT2D eigenvalue weighted by Gasteiger charge is -2.23. The molecule has 5 heteroatoms. The van der Waals surface area contributed by atoms with Crippen molar-refractivity contribution >= 4 is 22.6 Å². The van der Waals surface area contributed by atoms with E-state index in [4.69, 9.17) is 16.3 Å². The number of nitrogens with zero attached hydrogens (tertiary/aromatic N) is 3. The van der Waals surface area contributed by atoms with E-state index in [0.29, 0.717) is 17.9 Å². The highest BCUT2D eigenvalue weighted by Gasteiger charge is 2.27. The third-order valence-corrected chi connectivity index (χ3v) is 4.33. The van der Waals surface area contributed by atoms with Crippen molar-refractivity contribution < 1.29 is 4.74 Å². The minimum atomic E-state index is 0.199. The van der Waals surface area contributed by atoms with Crippen molar-refractivity contribution in [1.29, 1.82) is 5.26 Å². The van der Waals surface area contributed by atoms with E-state index in [1.807, 2.05) is 12.1 Å². The molecule has 2 atom stereocenters. The van der Waals surface area contributed by atoms with Gasteiger partial charge < -0.3 is 9.30 Å². The second kappa shape index (κ2) is 6.05. The van der Waals surface area contributed by atoms with Gasteiger partial charge >= 0.3 is 0 Å². The molecule has 1 aliphatic rings. The Balaban J connectivity index is 2.14. The van der Waals surface area contributed by atoms with Gasteiger partial charge in [0.05, 0.1) is 23.2 Å². The maximum atomic E-state index is 9.27. The SMILES string of the molecule is CC(C1CCCO1)n1c(CCCl)nc2c(C#N)cccc21. The van der Waals surface area contributed by atoms with E-state index in [0.717, 1.165) is 36.3 Å².